The average molecular weight is 272 g/mol. The molecule has 7 heteroatoms. The third kappa shape index (κ3) is 1.29. The van der Waals surface area contributed by atoms with Crippen LogP contribution in [0.25, 0.3) is 0 Å². The molecule has 2 saturated carbocycles. The molecule has 104 valence electrons. The van der Waals surface area contributed by atoms with Gasteiger partial charge in [0.2, 0.25) is 0 Å². The van der Waals surface area contributed by atoms with Crippen LogP contribution in [0.1, 0.15) is 19.3 Å². The van der Waals surface area contributed by atoms with Gasteiger partial charge in [0.15, 0.2) is 0 Å². The van der Waals surface area contributed by atoms with E-state index in [0.717, 1.165) is 6.42 Å². The normalized spacial score (nSPS) is 50.3. The molecule has 3 rings (SSSR count). The van der Waals surface area contributed by atoms with E-state index >= 15 is 0 Å². The number of hydrogen-bond donors (Lipinski definition) is 1. The van der Waals surface area contributed by atoms with Crippen molar-refractivity contribution >= 4 is 0 Å². The summed E-state index contributed by atoms with van der Waals surface area (Å²) in [6, 6.07) is 0. The number of alkyl halides is 5. The first-order chi connectivity index (χ1) is 8.18. The highest BCUT2D eigenvalue weighted by atomic mass is 19.4. The maximum atomic E-state index is 14.1. The summed E-state index contributed by atoms with van der Waals surface area (Å²) in [5, 5.41) is 9.31. The van der Waals surface area contributed by atoms with Gasteiger partial charge in [-0.15, -0.1) is 0 Å². The van der Waals surface area contributed by atoms with Gasteiger partial charge in [-0.25, -0.2) is 0 Å². The fourth-order valence-corrected chi connectivity index (χ4v) is 4.02. The van der Waals surface area contributed by atoms with E-state index in [2.05, 4.69) is 4.74 Å². The maximum absolute atomic E-state index is 14.1. The summed E-state index contributed by atoms with van der Waals surface area (Å²) in [5.74, 6) is -11.0. The number of ether oxygens (including phenoxy) is 1. The van der Waals surface area contributed by atoms with Crippen LogP contribution in [0.4, 0.5) is 22.0 Å². The van der Waals surface area contributed by atoms with E-state index in [9.17, 15) is 27.1 Å². The van der Waals surface area contributed by atoms with Gasteiger partial charge in [-0.2, -0.15) is 22.0 Å². The van der Waals surface area contributed by atoms with Crippen LogP contribution in [-0.2, 0) is 4.74 Å². The van der Waals surface area contributed by atoms with Crippen molar-refractivity contribution in [1.82, 2.24) is 0 Å². The van der Waals surface area contributed by atoms with Gasteiger partial charge in [0, 0.05) is 5.92 Å². The number of rotatable bonds is 0. The molecule has 0 aromatic carbocycles. The standard InChI is InChI=1S/C11H13F5O2/c12-9(13)8-6-2-1-5(3-6)7(8)4-18-10(9,17)11(14,15)16/h5-8,17H,1-4H2. The van der Waals surface area contributed by atoms with Gasteiger partial charge in [-0.05, 0) is 37.0 Å². The zero-order valence-electron chi connectivity index (χ0n) is 9.38. The molecule has 0 aromatic rings. The van der Waals surface area contributed by atoms with Crippen molar-refractivity contribution in [3.05, 3.63) is 0 Å². The van der Waals surface area contributed by atoms with E-state index in [1.807, 2.05) is 0 Å². The molecule has 1 heterocycles. The van der Waals surface area contributed by atoms with Crippen molar-refractivity contribution in [2.45, 2.75) is 37.1 Å². The lowest BCUT2D eigenvalue weighted by atomic mass is 9.72. The zero-order valence-corrected chi connectivity index (χ0v) is 9.38. The van der Waals surface area contributed by atoms with Crippen LogP contribution in [0.15, 0.2) is 0 Å². The van der Waals surface area contributed by atoms with Crippen molar-refractivity contribution in [1.29, 1.82) is 0 Å². The summed E-state index contributed by atoms with van der Waals surface area (Å²) in [5.41, 5.74) is 0. The molecule has 2 nitrogen and oxygen atoms in total. The second kappa shape index (κ2) is 3.36. The first-order valence-corrected chi connectivity index (χ1v) is 5.99. The Balaban J connectivity index is 1.99. The Bertz CT molecular complexity index is 369. The Hall–Kier alpha value is -0.430. The van der Waals surface area contributed by atoms with Gasteiger partial charge in [-0.3, -0.25) is 0 Å². The van der Waals surface area contributed by atoms with Crippen LogP contribution in [0, 0.1) is 23.7 Å². The third-order valence-electron chi connectivity index (χ3n) is 4.83. The Morgan fingerprint density at radius 1 is 1.11 bits per heavy atom. The molecular formula is C11H13F5O2. The van der Waals surface area contributed by atoms with Crippen LogP contribution >= 0.6 is 0 Å². The van der Waals surface area contributed by atoms with Gasteiger partial charge in [0.05, 0.1) is 6.61 Å². The minimum atomic E-state index is -5.48. The molecule has 1 N–H and O–H groups in total. The molecule has 1 aliphatic heterocycles. The Kier molecular flexibility index (Phi) is 2.35. The smallest absolute Gasteiger partial charge is 0.354 e. The lowest BCUT2D eigenvalue weighted by molar-refractivity contribution is -0.461. The molecule has 3 fully saturated rings. The predicted octanol–water partition coefficient (Wildman–Crippen LogP) is 2.57. The highest BCUT2D eigenvalue weighted by molar-refractivity contribution is 5.10. The van der Waals surface area contributed by atoms with Crippen LogP contribution in [0.2, 0.25) is 0 Å². The van der Waals surface area contributed by atoms with Gasteiger partial charge >= 0.3 is 17.9 Å². The van der Waals surface area contributed by atoms with E-state index in [4.69, 9.17) is 0 Å². The number of aliphatic hydroxyl groups is 1. The van der Waals surface area contributed by atoms with Crippen molar-refractivity contribution in [3.8, 4) is 0 Å². The summed E-state index contributed by atoms with van der Waals surface area (Å²) in [7, 11) is 0. The molecular weight excluding hydrogens is 259 g/mol. The minimum Gasteiger partial charge on any atom is -0.354 e. The fourth-order valence-electron chi connectivity index (χ4n) is 4.02. The predicted molar refractivity (Wildman–Crippen MR) is 49.7 cm³/mol. The molecule has 2 bridgehead atoms. The van der Waals surface area contributed by atoms with Crippen LogP contribution in [0.5, 0.6) is 0 Å². The van der Waals surface area contributed by atoms with Crippen LogP contribution in [-0.4, -0.2) is 29.6 Å². The Morgan fingerprint density at radius 3 is 2.33 bits per heavy atom. The molecule has 0 amide bonds. The summed E-state index contributed by atoms with van der Waals surface area (Å²) in [6.07, 6.45) is -3.66. The Labute approximate surface area is 100 Å². The van der Waals surface area contributed by atoms with Crippen molar-refractivity contribution < 1.29 is 31.8 Å². The quantitative estimate of drug-likeness (QED) is 0.687. The van der Waals surface area contributed by atoms with Gasteiger partial charge < -0.3 is 9.84 Å². The third-order valence-corrected chi connectivity index (χ3v) is 4.83. The van der Waals surface area contributed by atoms with E-state index < -0.39 is 42.2 Å². The van der Waals surface area contributed by atoms with Crippen molar-refractivity contribution in [3.63, 3.8) is 0 Å². The number of hydrogen-bond acceptors (Lipinski definition) is 2. The molecule has 3 aliphatic rings. The number of halogens is 5. The molecule has 1 saturated heterocycles. The molecule has 2 aliphatic carbocycles. The van der Waals surface area contributed by atoms with E-state index in [0.29, 0.717) is 12.8 Å². The molecule has 18 heavy (non-hydrogen) atoms. The van der Waals surface area contributed by atoms with E-state index in [1.54, 1.807) is 0 Å². The van der Waals surface area contributed by atoms with Gasteiger partial charge in [-0.1, -0.05) is 0 Å². The Morgan fingerprint density at radius 2 is 1.72 bits per heavy atom. The fraction of sp³-hybridized carbons (Fsp3) is 1.00. The summed E-state index contributed by atoms with van der Waals surface area (Å²) in [4.78, 5) is 0. The average Bonchev–Trinajstić information content (AvgIpc) is 2.82. The topological polar surface area (TPSA) is 29.5 Å². The lowest BCUT2D eigenvalue weighted by Crippen LogP contribution is -2.68. The van der Waals surface area contributed by atoms with Crippen LogP contribution in [0.3, 0.4) is 0 Å². The molecule has 5 atom stereocenters. The van der Waals surface area contributed by atoms with Crippen LogP contribution < -0.4 is 0 Å². The minimum absolute atomic E-state index is 0.0173. The van der Waals surface area contributed by atoms with Gasteiger partial charge in [0.1, 0.15) is 0 Å². The molecule has 0 aromatic heterocycles. The summed E-state index contributed by atoms with van der Waals surface area (Å²) in [6.45, 7) is -0.433. The first-order valence-electron chi connectivity index (χ1n) is 5.99. The molecule has 0 radical (unpaired) electrons. The molecule has 0 spiro atoms. The van der Waals surface area contributed by atoms with E-state index in [1.165, 1.54) is 0 Å². The van der Waals surface area contributed by atoms with Gasteiger partial charge in [0.25, 0.3) is 0 Å². The van der Waals surface area contributed by atoms with Crippen molar-refractivity contribution in [2.24, 2.45) is 23.7 Å². The van der Waals surface area contributed by atoms with E-state index in [-0.39, 0.29) is 5.92 Å². The highest BCUT2D eigenvalue weighted by Crippen LogP contribution is 2.63. The second-order valence-corrected chi connectivity index (χ2v) is 5.60. The summed E-state index contributed by atoms with van der Waals surface area (Å²) < 4.78 is 70.3. The zero-order chi connectivity index (χ0) is 13.3. The van der Waals surface area contributed by atoms with Crippen molar-refractivity contribution in [2.75, 3.05) is 6.61 Å². The monoisotopic (exact) mass is 272 g/mol. The number of fused-ring (bicyclic) bond motifs is 5. The lowest BCUT2D eigenvalue weighted by Gasteiger charge is -2.49. The maximum Gasteiger partial charge on any atom is 0.449 e. The second-order valence-electron chi connectivity index (χ2n) is 5.60. The highest BCUT2D eigenvalue weighted by Gasteiger charge is 2.78. The molecule has 5 unspecified atom stereocenters. The largest absolute Gasteiger partial charge is 0.449 e. The first kappa shape index (κ1) is 12.6. The summed E-state index contributed by atoms with van der Waals surface area (Å²) >= 11 is 0. The SMILES string of the molecule is OC1(C(F)(F)F)OCC2C3CCC(C3)C2C1(F)F.